The number of nitrogens with one attached hydrogen (secondary N) is 3. The molecule has 1 aliphatic heterocycles. The zero-order valence-corrected chi connectivity index (χ0v) is 16.0. The van der Waals surface area contributed by atoms with E-state index in [1.54, 1.807) is 6.92 Å². The predicted octanol–water partition coefficient (Wildman–Crippen LogP) is 3.77. The van der Waals surface area contributed by atoms with E-state index < -0.39 is 0 Å². The van der Waals surface area contributed by atoms with Crippen LogP contribution in [0, 0.1) is 5.92 Å². The molecule has 0 unspecified atom stereocenters. The van der Waals surface area contributed by atoms with E-state index >= 15 is 0 Å². The molecule has 0 atom stereocenters. The molecular formula is C23H25N3O2. The molecule has 3 N–H and O–H groups in total. The Balaban J connectivity index is 1.49. The van der Waals surface area contributed by atoms with Gasteiger partial charge < -0.3 is 15.6 Å². The molecular weight excluding hydrogens is 350 g/mol. The first kappa shape index (κ1) is 18.4. The molecule has 2 aromatic carbocycles. The smallest absolute Gasteiger partial charge is 0.267 e. The third-order valence-corrected chi connectivity index (χ3v) is 5.50. The van der Waals surface area contributed by atoms with E-state index in [0.29, 0.717) is 17.2 Å². The van der Waals surface area contributed by atoms with Crippen molar-refractivity contribution in [2.75, 3.05) is 19.6 Å². The molecule has 28 heavy (non-hydrogen) atoms. The Labute approximate surface area is 164 Å². The number of fused-ring (bicyclic) bond motifs is 1. The van der Waals surface area contributed by atoms with Gasteiger partial charge >= 0.3 is 0 Å². The van der Waals surface area contributed by atoms with E-state index in [-0.39, 0.29) is 11.7 Å². The van der Waals surface area contributed by atoms with Crippen molar-refractivity contribution in [2.45, 2.75) is 19.8 Å². The van der Waals surface area contributed by atoms with Crippen molar-refractivity contribution < 1.29 is 9.59 Å². The van der Waals surface area contributed by atoms with Gasteiger partial charge in [0.15, 0.2) is 5.78 Å². The monoisotopic (exact) mass is 375 g/mol. The maximum Gasteiger partial charge on any atom is 0.267 e. The molecule has 0 aliphatic carbocycles. The Morgan fingerprint density at radius 2 is 1.71 bits per heavy atom. The summed E-state index contributed by atoms with van der Waals surface area (Å²) in [5.41, 5.74) is 4.31. The molecule has 0 bridgehead atoms. The molecule has 4 rings (SSSR count). The quantitative estimate of drug-likeness (QED) is 0.595. The minimum absolute atomic E-state index is 0.0536. The van der Waals surface area contributed by atoms with Crippen LogP contribution in [0.1, 0.15) is 40.6 Å². The number of H-pyrrole nitrogens is 1. The summed E-state index contributed by atoms with van der Waals surface area (Å²) in [4.78, 5) is 27.2. The van der Waals surface area contributed by atoms with Gasteiger partial charge in [-0.3, -0.25) is 9.59 Å². The van der Waals surface area contributed by atoms with Crippen molar-refractivity contribution in [3.8, 4) is 11.1 Å². The molecule has 0 saturated carbocycles. The summed E-state index contributed by atoms with van der Waals surface area (Å²) in [6, 6.07) is 15.6. The van der Waals surface area contributed by atoms with Crippen LogP contribution in [-0.4, -0.2) is 36.3 Å². The van der Waals surface area contributed by atoms with Gasteiger partial charge in [0.1, 0.15) is 5.69 Å². The normalized spacial score (nSPS) is 14.9. The third kappa shape index (κ3) is 3.99. The number of hydrogen-bond donors (Lipinski definition) is 3. The Hall–Kier alpha value is -2.92. The Bertz CT molecular complexity index is 998. The number of piperidine rings is 1. The first-order chi connectivity index (χ1) is 13.6. The fraction of sp³-hybridized carbons (Fsp3) is 0.304. The minimum Gasteiger partial charge on any atom is -0.351 e. The zero-order chi connectivity index (χ0) is 19.5. The molecule has 0 spiro atoms. The van der Waals surface area contributed by atoms with E-state index in [0.717, 1.165) is 54.5 Å². The van der Waals surface area contributed by atoms with Crippen molar-refractivity contribution in [3.05, 3.63) is 59.8 Å². The van der Waals surface area contributed by atoms with E-state index in [2.05, 4.69) is 15.6 Å². The molecule has 1 amide bonds. The number of amides is 1. The number of Topliss-reactive ketones (excluding diaryl/α,β-unsaturated/α-hetero) is 1. The van der Waals surface area contributed by atoms with Crippen molar-refractivity contribution in [1.82, 2.24) is 15.6 Å². The molecule has 5 nitrogen and oxygen atoms in total. The van der Waals surface area contributed by atoms with Gasteiger partial charge in [0.05, 0.1) is 0 Å². The summed E-state index contributed by atoms with van der Waals surface area (Å²) in [6.07, 6.45) is 2.22. The highest BCUT2D eigenvalue weighted by Gasteiger charge is 2.16. The molecule has 5 heteroatoms. The number of aromatic amines is 1. The van der Waals surface area contributed by atoms with Gasteiger partial charge in [0.25, 0.3) is 5.91 Å². The summed E-state index contributed by atoms with van der Waals surface area (Å²) in [5.74, 6) is 0.563. The molecule has 0 radical (unpaired) electrons. The molecule has 1 aromatic heterocycles. The minimum atomic E-state index is -0.0536. The van der Waals surface area contributed by atoms with E-state index in [4.69, 9.17) is 0 Å². The van der Waals surface area contributed by atoms with Crippen molar-refractivity contribution in [2.24, 2.45) is 5.92 Å². The summed E-state index contributed by atoms with van der Waals surface area (Å²) >= 11 is 0. The molecule has 1 aliphatic rings. The lowest BCUT2D eigenvalue weighted by molar-refractivity contribution is 0.0939. The van der Waals surface area contributed by atoms with Crippen LogP contribution in [0.2, 0.25) is 0 Å². The van der Waals surface area contributed by atoms with Gasteiger partial charge in [0.2, 0.25) is 0 Å². The highest BCUT2D eigenvalue weighted by Crippen LogP contribution is 2.25. The Morgan fingerprint density at radius 3 is 2.43 bits per heavy atom. The summed E-state index contributed by atoms with van der Waals surface area (Å²) in [7, 11) is 0. The van der Waals surface area contributed by atoms with Crippen LogP contribution in [-0.2, 0) is 0 Å². The second kappa shape index (κ2) is 7.98. The topological polar surface area (TPSA) is 74.0 Å². The van der Waals surface area contributed by atoms with Crippen LogP contribution >= 0.6 is 0 Å². The highest BCUT2D eigenvalue weighted by molar-refractivity contribution is 5.99. The van der Waals surface area contributed by atoms with Crippen molar-refractivity contribution in [1.29, 1.82) is 0 Å². The number of aromatic nitrogens is 1. The number of hydrogen-bond acceptors (Lipinski definition) is 3. The predicted molar refractivity (Wildman–Crippen MR) is 112 cm³/mol. The first-order valence-electron chi connectivity index (χ1n) is 9.83. The lowest BCUT2D eigenvalue weighted by Crippen LogP contribution is -2.36. The maximum absolute atomic E-state index is 12.5. The molecule has 2 heterocycles. The van der Waals surface area contributed by atoms with Gasteiger partial charge in [-0.2, -0.15) is 0 Å². The summed E-state index contributed by atoms with van der Waals surface area (Å²) in [5, 5.41) is 7.42. The summed E-state index contributed by atoms with van der Waals surface area (Å²) < 4.78 is 0. The van der Waals surface area contributed by atoms with Gasteiger partial charge in [-0.1, -0.05) is 36.4 Å². The maximum atomic E-state index is 12.5. The van der Waals surface area contributed by atoms with Gasteiger partial charge in [-0.05, 0) is 62.0 Å². The Kier molecular flexibility index (Phi) is 5.26. The lowest BCUT2D eigenvalue weighted by atomic mass is 9.98. The fourth-order valence-electron chi connectivity index (χ4n) is 3.74. The fourth-order valence-corrected chi connectivity index (χ4v) is 3.74. The van der Waals surface area contributed by atoms with Crippen LogP contribution in [0.5, 0.6) is 0 Å². The van der Waals surface area contributed by atoms with E-state index in [1.807, 2.05) is 48.5 Å². The molecule has 1 saturated heterocycles. The average Bonchev–Trinajstić information content (AvgIpc) is 3.16. The number of ketones is 1. The largest absolute Gasteiger partial charge is 0.351 e. The van der Waals surface area contributed by atoms with E-state index in [9.17, 15) is 9.59 Å². The van der Waals surface area contributed by atoms with Crippen LogP contribution in [0.15, 0.2) is 48.5 Å². The molecule has 1 fully saturated rings. The first-order valence-corrected chi connectivity index (χ1v) is 9.83. The van der Waals surface area contributed by atoms with Gasteiger partial charge in [0, 0.05) is 23.0 Å². The van der Waals surface area contributed by atoms with Gasteiger partial charge in [-0.15, -0.1) is 0 Å². The average molecular weight is 375 g/mol. The number of carbonyl (C=O) groups is 2. The van der Waals surface area contributed by atoms with Crippen LogP contribution < -0.4 is 10.6 Å². The number of carbonyl (C=O) groups excluding carboxylic acids is 2. The second-order valence-electron chi connectivity index (χ2n) is 7.52. The standard InChI is InChI=1S/C23H25N3O2/c1-15(27)17-2-4-18(5-3-17)19-6-7-20-13-22(26-21(20)12-19)23(28)25-14-16-8-10-24-11-9-16/h2-7,12-13,16,24,26H,8-11,14H2,1H3,(H,25,28). The van der Waals surface area contributed by atoms with Crippen molar-refractivity contribution >= 4 is 22.6 Å². The number of rotatable bonds is 5. The van der Waals surface area contributed by atoms with Gasteiger partial charge in [-0.25, -0.2) is 0 Å². The number of benzene rings is 2. The van der Waals surface area contributed by atoms with E-state index in [1.165, 1.54) is 0 Å². The van der Waals surface area contributed by atoms with Crippen LogP contribution in [0.4, 0.5) is 0 Å². The van der Waals surface area contributed by atoms with Crippen LogP contribution in [0.25, 0.3) is 22.0 Å². The molecule has 144 valence electrons. The Morgan fingerprint density at radius 1 is 1.00 bits per heavy atom. The van der Waals surface area contributed by atoms with Crippen molar-refractivity contribution in [3.63, 3.8) is 0 Å². The molecule has 3 aromatic rings. The summed E-state index contributed by atoms with van der Waals surface area (Å²) in [6.45, 7) is 4.35. The third-order valence-electron chi connectivity index (χ3n) is 5.50. The lowest BCUT2D eigenvalue weighted by Gasteiger charge is -2.22. The second-order valence-corrected chi connectivity index (χ2v) is 7.52. The van der Waals surface area contributed by atoms with Crippen LogP contribution in [0.3, 0.4) is 0 Å². The SMILES string of the molecule is CC(=O)c1ccc(-c2ccc3cc(C(=O)NCC4CCNCC4)[nH]c3c2)cc1. The highest BCUT2D eigenvalue weighted by atomic mass is 16.1. The zero-order valence-electron chi connectivity index (χ0n) is 16.0.